The number of benzene rings is 1. The van der Waals surface area contributed by atoms with E-state index in [2.05, 4.69) is 4.98 Å². The van der Waals surface area contributed by atoms with Gasteiger partial charge in [0.05, 0.1) is 45.9 Å². The molecule has 0 spiro atoms. The van der Waals surface area contributed by atoms with E-state index in [1.807, 2.05) is 0 Å². The monoisotopic (exact) mass is 449 g/mol. The molecule has 0 aliphatic carbocycles. The Morgan fingerprint density at radius 3 is 1.91 bits per heavy atom. The number of esters is 3. The van der Waals surface area contributed by atoms with Gasteiger partial charge in [-0.2, -0.15) is 0 Å². The van der Waals surface area contributed by atoms with E-state index in [0.29, 0.717) is 6.07 Å². The second-order valence-corrected chi connectivity index (χ2v) is 6.25. The van der Waals surface area contributed by atoms with E-state index in [4.69, 9.17) is 14.2 Å². The van der Waals surface area contributed by atoms with Crippen LogP contribution in [-0.4, -0.2) is 46.0 Å². The van der Waals surface area contributed by atoms with Crippen LogP contribution in [0.1, 0.15) is 56.3 Å². The molecule has 0 bridgehead atoms. The lowest BCUT2D eigenvalue weighted by Crippen LogP contribution is -2.11. The molecule has 0 saturated carbocycles. The molecule has 0 saturated heterocycles. The van der Waals surface area contributed by atoms with Crippen molar-refractivity contribution in [2.45, 2.75) is 27.4 Å². The van der Waals surface area contributed by atoms with Crippen molar-refractivity contribution in [2.75, 3.05) is 13.2 Å². The van der Waals surface area contributed by atoms with Gasteiger partial charge in [0.2, 0.25) is 0 Å². The predicted molar refractivity (Wildman–Crippen MR) is 106 cm³/mol. The Bertz CT molecular complexity index is 1060. The number of hydrogen-bond donors (Lipinski definition) is 1. The minimum atomic E-state index is -1.11. The fourth-order valence-corrected chi connectivity index (χ4v) is 2.80. The number of carbonyl (C=O) groups excluding carboxylic acids is 3. The van der Waals surface area contributed by atoms with E-state index in [1.165, 1.54) is 6.92 Å². The zero-order valence-electron chi connectivity index (χ0n) is 17.3. The molecule has 0 atom stereocenters. The summed E-state index contributed by atoms with van der Waals surface area (Å²) in [5, 5.41) is 22.0. The highest BCUT2D eigenvalue weighted by Crippen LogP contribution is 2.25. The van der Waals surface area contributed by atoms with E-state index in [1.54, 1.807) is 13.8 Å². The Morgan fingerprint density at radius 1 is 0.875 bits per heavy atom. The molecule has 1 aromatic heterocycles. The minimum absolute atomic E-state index is 0.0253. The Labute approximate surface area is 180 Å². The SMILES string of the molecule is CCOC(=O)c1[nH]c(COC(=O)c2cc([N+](=O)[O-])cc([N+](=O)[O-])c2)c(C(=O)OCC)c1C. The average Bonchev–Trinajstić information content (AvgIpc) is 3.08. The van der Waals surface area contributed by atoms with Crippen LogP contribution in [0.4, 0.5) is 11.4 Å². The molecular weight excluding hydrogens is 430 g/mol. The van der Waals surface area contributed by atoms with Crippen molar-refractivity contribution in [3.05, 3.63) is 66.5 Å². The normalized spacial score (nSPS) is 10.3. The number of H-pyrrole nitrogens is 1. The van der Waals surface area contributed by atoms with E-state index in [9.17, 15) is 34.6 Å². The van der Waals surface area contributed by atoms with E-state index in [-0.39, 0.29) is 35.7 Å². The number of carbonyl (C=O) groups is 3. The fraction of sp³-hybridized carbons (Fsp3) is 0.316. The fourth-order valence-electron chi connectivity index (χ4n) is 2.80. The number of ether oxygens (including phenoxy) is 3. The quantitative estimate of drug-likeness (QED) is 0.259. The van der Waals surface area contributed by atoms with Gasteiger partial charge in [-0.25, -0.2) is 14.4 Å². The molecule has 13 nitrogen and oxygen atoms in total. The standard InChI is InChI=1S/C19H19N3O10/c1-4-30-18(24)15-10(3)16(19(25)31-5-2)20-14(15)9-32-17(23)11-6-12(21(26)27)8-13(7-11)22(28)29/h6-8,20H,4-5,9H2,1-3H3. The molecule has 0 aliphatic heterocycles. The molecule has 32 heavy (non-hydrogen) atoms. The third-order valence-corrected chi connectivity index (χ3v) is 4.19. The summed E-state index contributed by atoms with van der Waals surface area (Å²) in [6, 6.07) is 2.35. The summed E-state index contributed by atoms with van der Waals surface area (Å²) in [5.74, 6) is -2.62. The third-order valence-electron chi connectivity index (χ3n) is 4.19. The molecule has 13 heteroatoms. The highest BCUT2D eigenvalue weighted by atomic mass is 16.6. The largest absolute Gasteiger partial charge is 0.462 e. The molecule has 1 aromatic carbocycles. The number of rotatable bonds is 9. The molecule has 0 radical (unpaired) electrons. The molecule has 170 valence electrons. The maximum Gasteiger partial charge on any atom is 0.355 e. The number of aromatic nitrogens is 1. The lowest BCUT2D eigenvalue weighted by atomic mass is 10.1. The molecule has 2 rings (SSSR count). The number of nitrogens with zero attached hydrogens (tertiary/aromatic N) is 2. The smallest absolute Gasteiger partial charge is 0.355 e. The minimum Gasteiger partial charge on any atom is -0.462 e. The highest BCUT2D eigenvalue weighted by Gasteiger charge is 2.27. The maximum absolute atomic E-state index is 12.4. The van der Waals surface area contributed by atoms with Gasteiger partial charge >= 0.3 is 17.9 Å². The van der Waals surface area contributed by atoms with Crippen molar-refractivity contribution >= 4 is 29.3 Å². The van der Waals surface area contributed by atoms with Gasteiger partial charge in [-0.3, -0.25) is 20.2 Å². The van der Waals surface area contributed by atoms with Crippen molar-refractivity contribution in [3.63, 3.8) is 0 Å². The first-order valence-electron chi connectivity index (χ1n) is 9.27. The van der Waals surface area contributed by atoms with Gasteiger partial charge in [0.1, 0.15) is 12.3 Å². The molecule has 0 fully saturated rings. The number of nitrogens with one attached hydrogen (secondary N) is 1. The van der Waals surface area contributed by atoms with E-state index in [0.717, 1.165) is 12.1 Å². The molecule has 1 N–H and O–H groups in total. The van der Waals surface area contributed by atoms with Crippen LogP contribution in [0.15, 0.2) is 18.2 Å². The number of nitro benzene ring substituents is 2. The predicted octanol–water partition coefficient (Wildman–Crippen LogP) is 2.85. The first-order chi connectivity index (χ1) is 15.1. The van der Waals surface area contributed by atoms with Crippen molar-refractivity contribution in [1.82, 2.24) is 4.98 Å². The van der Waals surface area contributed by atoms with Gasteiger partial charge in [0.15, 0.2) is 0 Å². The molecular formula is C19H19N3O10. The Morgan fingerprint density at radius 2 is 1.41 bits per heavy atom. The molecule has 1 heterocycles. The molecule has 0 amide bonds. The van der Waals surface area contributed by atoms with Crippen LogP contribution < -0.4 is 0 Å². The number of aromatic amines is 1. The van der Waals surface area contributed by atoms with Crippen LogP contribution in [0.25, 0.3) is 0 Å². The summed E-state index contributed by atoms with van der Waals surface area (Å²) in [6.45, 7) is 4.25. The first-order valence-corrected chi connectivity index (χ1v) is 9.27. The summed E-state index contributed by atoms with van der Waals surface area (Å²) in [6.07, 6.45) is 0. The van der Waals surface area contributed by atoms with Gasteiger partial charge in [-0.1, -0.05) is 0 Å². The lowest BCUT2D eigenvalue weighted by molar-refractivity contribution is -0.394. The first kappa shape index (κ1) is 24.0. The van der Waals surface area contributed by atoms with Crippen LogP contribution >= 0.6 is 0 Å². The van der Waals surface area contributed by atoms with Crippen molar-refractivity contribution in [2.24, 2.45) is 0 Å². The van der Waals surface area contributed by atoms with Crippen molar-refractivity contribution < 1.29 is 38.4 Å². The molecule has 0 unspecified atom stereocenters. The Hall–Kier alpha value is -4.29. The Kier molecular flexibility index (Phi) is 7.61. The van der Waals surface area contributed by atoms with E-state index < -0.39 is 51.3 Å². The average molecular weight is 449 g/mol. The number of hydrogen-bond acceptors (Lipinski definition) is 10. The lowest BCUT2D eigenvalue weighted by Gasteiger charge is -2.07. The second kappa shape index (κ2) is 10.1. The summed E-state index contributed by atoms with van der Waals surface area (Å²) >= 11 is 0. The Balaban J connectivity index is 2.37. The number of nitro groups is 2. The van der Waals surface area contributed by atoms with Crippen LogP contribution in [0.3, 0.4) is 0 Å². The van der Waals surface area contributed by atoms with E-state index >= 15 is 0 Å². The van der Waals surface area contributed by atoms with Crippen LogP contribution in [0.2, 0.25) is 0 Å². The van der Waals surface area contributed by atoms with Crippen LogP contribution in [0.5, 0.6) is 0 Å². The third kappa shape index (κ3) is 5.24. The maximum atomic E-state index is 12.4. The van der Waals surface area contributed by atoms with Crippen molar-refractivity contribution in [1.29, 1.82) is 0 Å². The van der Waals surface area contributed by atoms with Gasteiger partial charge in [0, 0.05) is 12.1 Å². The molecule has 2 aromatic rings. The van der Waals surface area contributed by atoms with Gasteiger partial charge in [-0.15, -0.1) is 0 Å². The second-order valence-electron chi connectivity index (χ2n) is 6.25. The summed E-state index contributed by atoms with van der Waals surface area (Å²) < 4.78 is 15.0. The summed E-state index contributed by atoms with van der Waals surface area (Å²) in [4.78, 5) is 59.8. The number of non-ortho nitro benzene ring substituents is 2. The van der Waals surface area contributed by atoms with Gasteiger partial charge in [-0.05, 0) is 26.3 Å². The summed E-state index contributed by atoms with van der Waals surface area (Å²) in [7, 11) is 0. The van der Waals surface area contributed by atoms with Gasteiger partial charge < -0.3 is 19.2 Å². The zero-order valence-corrected chi connectivity index (χ0v) is 17.3. The highest BCUT2D eigenvalue weighted by molar-refractivity contribution is 5.98. The van der Waals surface area contributed by atoms with Crippen molar-refractivity contribution in [3.8, 4) is 0 Å². The molecule has 0 aliphatic rings. The summed E-state index contributed by atoms with van der Waals surface area (Å²) in [5.41, 5.74) is -1.59. The topological polar surface area (TPSA) is 181 Å². The van der Waals surface area contributed by atoms with Gasteiger partial charge in [0.25, 0.3) is 11.4 Å². The zero-order chi connectivity index (χ0) is 24.0. The van der Waals surface area contributed by atoms with Crippen LogP contribution in [-0.2, 0) is 20.8 Å². The van der Waals surface area contributed by atoms with Crippen LogP contribution in [0, 0.1) is 27.2 Å².